The van der Waals surface area contributed by atoms with Crippen LogP contribution >= 0.6 is 11.9 Å². The molecule has 5 heavy (non-hydrogen) atoms. The van der Waals surface area contributed by atoms with Gasteiger partial charge in [-0.15, -0.1) is 0 Å². The molecule has 0 aromatic heterocycles. The van der Waals surface area contributed by atoms with E-state index in [1.165, 1.54) is 6.45 Å². The third-order valence-electron chi connectivity index (χ3n) is 0.152. The van der Waals surface area contributed by atoms with Gasteiger partial charge in [0.25, 0.3) is 0 Å². The highest BCUT2D eigenvalue weighted by atomic mass is 32.2. The van der Waals surface area contributed by atoms with Crippen LogP contribution in [-0.2, 0) is 4.18 Å². The maximum absolute atomic E-state index is 4.85. The van der Waals surface area contributed by atoms with Crippen molar-refractivity contribution in [2.45, 2.75) is 0 Å². The first kappa shape index (κ1) is 5.44. The van der Waals surface area contributed by atoms with Crippen LogP contribution in [0, 0.1) is 0 Å². The van der Waals surface area contributed by atoms with Gasteiger partial charge >= 0.3 is 0 Å². The summed E-state index contributed by atoms with van der Waals surface area (Å²) in [6, 6.07) is 0. The Labute approximate surface area is 38.2 Å². The molecule has 0 unspecified atom stereocenters. The van der Waals surface area contributed by atoms with E-state index in [2.05, 4.69) is 4.18 Å². The first-order valence-corrected chi connectivity index (χ1v) is 1.95. The van der Waals surface area contributed by atoms with Crippen molar-refractivity contribution in [2.75, 3.05) is 7.11 Å². The van der Waals surface area contributed by atoms with Crippen LogP contribution in [0.25, 0.3) is 0 Å². The molecule has 1 nitrogen and oxygen atoms in total. The summed E-state index contributed by atoms with van der Waals surface area (Å²) in [6.45, 7) is 0. The Balaban J connectivity index is 2.19. The molecule has 0 aliphatic rings. The van der Waals surface area contributed by atoms with Gasteiger partial charge in [-0.3, -0.25) is 0 Å². The molecule has 0 aromatic rings. The molecule has 4 heteroatoms. The normalized spacial score (nSPS) is 7.40. The van der Waals surface area contributed by atoms with Crippen molar-refractivity contribution >= 4 is 26.1 Å². The van der Waals surface area contributed by atoms with E-state index in [4.69, 9.17) is 7.74 Å². The summed E-state index contributed by atoms with van der Waals surface area (Å²) in [4.78, 5) is 0. The van der Waals surface area contributed by atoms with Crippen molar-refractivity contribution in [3.05, 3.63) is 0 Å². The average Bonchev–Trinajstić information content (AvgIpc) is 1.41. The van der Waals surface area contributed by atoms with Gasteiger partial charge in [0.15, 0.2) is 6.45 Å². The maximum atomic E-state index is 4.85. The molecule has 0 spiro atoms. The zero-order valence-electron chi connectivity index (χ0n) is 2.97. The minimum atomic E-state index is 1.12. The molecule has 0 amide bonds. The Hall–Kier alpha value is 0.440. The van der Waals surface area contributed by atoms with E-state index < -0.39 is 0 Å². The monoisotopic (exact) mass is 85.0 g/mol. The Morgan fingerprint density at radius 1 is 2.00 bits per heavy atom. The van der Waals surface area contributed by atoms with E-state index in [1.807, 2.05) is 0 Å². The van der Waals surface area contributed by atoms with E-state index in [-0.39, 0.29) is 0 Å². The standard InChI is InChI=1S/CH3B2OS/c1-4-5-3-2/h1H3. The number of rotatable bonds is 2. The highest BCUT2D eigenvalue weighted by Gasteiger charge is 1.70. The van der Waals surface area contributed by atoms with Gasteiger partial charge in [-0.05, 0) is 0 Å². The van der Waals surface area contributed by atoms with Gasteiger partial charge in [0.05, 0.1) is 0 Å². The van der Waals surface area contributed by atoms with Crippen LogP contribution in [-0.4, -0.2) is 21.3 Å². The van der Waals surface area contributed by atoms with Crippen LogP contribution in [0.2, 0.25) is 0 Å². The summed E-state index contributed by atoms with van der Waals surface area (Å²) in [5.41, 5.74) is 0. The Morgan fingerprint density at radius 2 is 2.60 bits per heavy atom. The lowest BCUT2D eigenvalue weighted by Crippen LogP contribution is -1.77. The molecule has 25 valence electrons. The molecular formula is CH3B2OS. The third-order valence-corrected chi connectivity index (χ3v) is 0.455. The molecule has 0 aliphatic carbocycles. The lowest BCUT2D eigenvalue weighted by atomic mass is 9.79. The minimum Gasteiger partial charge on any atom is -0.332 e. The zero-order valence-corrected chi connectivity index (χ0v) is 3.79. The van der Waals surface area contributed by atoms with E-state index in [0.29, 0.717) is 0 Å². The van der Waals surface area contributed by atoms with Crippen LogP contribution in [0.4, 0.5) is 0 Å². The molecule has 0 atom stereocenters. The van der Waals surface area contributed by atoms with Crippen LogP contribution in [0.5, 0.6) is 0 Å². The predicted molar refractivity (Wildman–Crippen MR) is 26.1 cm³/mol. The second-order valence-corrected chi connectivity index (χ2v) is 1.20. The summed E-state index contributed by atoms with van der Waals surface area (Å²) in [5, 5.41) is 0. The minimum absolute atomic E-state index is 1.12. The molecule has 0 saturated heterocycles. The van der Waals surface area contributed by atoms with E-state index in [0.717, 1.165) is 11.9 Å². The smallest absolute Gasteiger partial charge is 0.173 e. The predicted octanol–water partition coefficient (Wildman–Crippen LogP) is -0.0163. The fourth-order valence-electron chi connectivity index (χ4n) is 0.0556. The van der Waals surface area contributed by atoms with Gasteiger partial charge in [0.1, 0.15) is 0 Å². The Morgan fingerprint density at radius 3 is 2.60 bits per heavy atom. The van der Waals surface area contributed by atoms with Crippen LogP contribution in [0.1, 0.15) is 0 Å². The molecule has 0 heterocycles. The van der Waals surface area contributed by atoms with Gasteiger partial charge in [-0.25, -0.2) is 0 Å². The summed E-state index contributed by atoms with van der Waals surface area (Å²) >= 11 is 1.12. The molecule has 0 fully saturated rings. The SMILES string of the molecule is [B][B]SOC. The van der Waals surface area contributed by atoms with Gasteiger partial charge < -0.3 is 4.18 Å². The van der Waals surface area contributed by atoms with E-state index in [9.17, 15) is 0 Å². The van der Waals surface area contributed by atoms with Crippen molar-refractivity contribution in [1.29, 1.82) is 0 Å². The Kier molecular flexibility index (Phi) is 4.83. The number of hydrogen-bond acceptors (Lipinski definition) is 2. The third kappa shape index (κ3) is 4.44. The summed E-state index contributed by atoms with van der Waals surface area (Å²) in [7, 11) is 6.42. The molecule has 3 radical (unpaired) electrons. The van der Waals surface area contributed by atoms with Gasteiger partial charge in [0.2, 0.25) is 0 Å². The van der Waals surface area contributed by atoms with Crippen molar-refractivity contribution < 1.29 is 4.18 Å². The summed E-state index contributed by atoms with van der Waals surface area (Å²) < 4.78 is 4.43. The zero-order chi connectivity index (χ0) is 4.12. The molecular weight excluding hydrogens is 81.7 g/mol. The van der Waals surface area contributed by atoms with Gasteiger partial charge in [0, 0.05) is 14.8 Å². The van der Waals surface area contributed by atoms with Gasteiger partial charge in [-0.1, -0.05) is 11.9 Å². The second kappa shape index (κ2) is 4.44. The van der Waals surface area contributed by atoms with Gasteiger partial charge in [-0.2, -0.15) is 0 Å². The van der Waals surface area contributed by atoms with Crippen LogP contribution in [0.3, 0.4) is 0 Å². The van der Waals surface area contributed by atoms with Crippen molar-refractivity contribution in [1.82, 2.24) is 0 Å². The first-order chi connectivity index (χ1) is 2.41. The fraction of sp³-hybridized carbons (Fsp3) is 1.00. The first-order valence-electron chi connectivity index (χ1n) is 1.14. The van der Waals surface area contributed by atoms with Crippen LogP contribution in [0.15, 0.2) is 0 Å². The molecule has 0 bridgehead atoms. The molecule has 0 N–H and O–H groups in total. The molecule has 0 aromatic carbocycles. The fourth-order valence-corrected chi connectivity index (χ4v) is 0.167. The van der Waals surface area contributed by atoms with Crippen molar-refractivity contribution in [2.24, 2.45) is 0 Å². The summed E-state index contributed by atoms with van der Waals surface area (Å²) in [5.74, 6) is 0. The summed E-state index contributed by atoms with van der Waals surface area (Å²) in [6.07, 6.45) is 1.38. The molecule has 0 aliphatic heterocycles. The second-order valence-electron chi connectivity index (χ2n) is 0.399. The number of hydrogen-bond donors (Lipinski definition) is 0. The van der Waals surface area contributed by atoms with Crippen LogP contribution < -0.4 is 0 Å². The Bertz CT molecular complexity index is 17.1. The lowest BCUT2D eigenvalue weighted by Gasteiger charge is -1.82. The highest BCUT2D eigenvalue weighted by Crippen LogP contribution is 1.88. The molecule has 0 saturated carbocycles. The maximum Gasteiger partial charge on any atom is 0.173 e. The van der Waals surface area contributed by atoms with Crippen molar-refractivity contribution in [3.8, 4) is 0 Å². The lowest BCUT2D eigenvalue weighted by molar-refractivity contribution is 0.497. The highest BCUT2D eigenvalue weighted by molar-refractivity contribution is 8.22. The van der Waals surface area contributed by atoms with E-state index >= 15 is 0 Å². The topological polar surface area (TPSA) is 9.23 Å². The van der Waals surface area contributed by atoms with E-state index in [1.54, 1.807) is 7.11 Å². The average molecular weight is 84.7 g/mol. The largest absolute Gasteiger partial charge is 0.332 e. The van der Waals surface area contributed by atoms with Crippen molar-refractivity contribution in [3.63, 3.8) is 0 Å². The molecule has 0 rings (SSSR count). The quantitative estimate of drug-likeness (QED) is 0.344.